The van der Waals surface area contributed by atoms with Crippen molar-refractivity contribution in [3.05, 3.63) is 29.8 Å². The number of nitrogens with zero attached hydrogens (tertiary/aromatic N) is 2. The largest absolute Gasteiger partial charge is 0.497 e. The molecule has 0 aromatic heterocycles. The van der Waals surface area contributed by atoms with E-state index in [9.17, 15) is 14.4 Å². The van der Waals surface area contributed by atoms with Crippen LogP contribution in [-0.2, 0) is 20.8 Å². The maximum absolute atomic E-state index is 13.9. The summed E-state index contributed by atoms with van der Waals surface area (Å²) in [4.78, 5) is 43.9. The van der Waals surface area contributed by atoms with Crippen LogP contribution in [-0.4, -0.2) is 85.5 Å². The van der Waals surface area contributed by atoms with E-state index in [1.807, 2.05) is 31.2 Å². The van der Waals surface area contributed by atoms with Crippen LogP contribution in [0.25, 0.3) is 0 Å². The van der Waals surface area contributed by atoms with Crippen molar-refractivity contribution in [1.82, 2.24) is 20.4 Å². The van der Waals surface area contributed by atoms with Crippen molar-refractivity contribution in [2.45, 2.75) is 83.0 Å². The van der Waals surface area contributed by atoms with E-state index in [0.717, 1.165) is 50.1 Å². The van der Waals surface area contributed by atoms with Crippen molar-refractivity contribution >= 4 is 17.7 Å². The fourth-order valence-corrected chi connectivity index (χ4v) is 5.41. The number of carbonyl (C=O) groups is 3. The Balaban J connectivity index is 1.69. The average Bonchev–Trinajstić information content (AvgIpc) is 3.30. The zero-order valence-electron chi connectivity index (χ0n) is 22.9. The summed E-state index contributed by atoms with van der Waals surface area (Å²) in [5, 5.41) is 6.02. The zero-order chi connectivity index (χ0) is 26.9. The third-order valence-corrected chi connectivity index (χ3v) is 8.04. The molecule has 1 aromatic carbocycles. The fourth-order valence-electron chi connectivity index (χ4n) is 5.41. The Hall–Kier alpha value is -2.65. The smallest absolute Gasteiger partial charge is 0.246 e. The molecule has 3 rings (SSSR count). The lowest BCUT2D eigenvalue weighted by Crippen LogP contribution is -2.58. The summed E-state index contributed by atoms with van der Waals surface area (Å²) in [6.45, 7) is 6.22. The van der Waals surface area contributed by atoms with Crippen molar-refractivity contribution < 1.29 is 19.1 Å². The van der Waals surface area contributed by atoms with Gasteiger partial charge in [-0.2, -0.15) is 0 Å². The first-order valence-electron chi connectivity index (χ1n) is 13.8. The van der Waals surface area contributed by atoms with Crippen molar-refractivity contribution in [2.24, 2.45) is 11.7 Å². The topological polar surface area (TPSA) is 117 Å². The van der Waals surface area contributed by atoms with Gasteiger partial charge in [0.25, 0.3) is 0 Å². The molecule has 9 heteroatoms. The van der Waals surface area contributed by atoms with Gasteiger partial charge in [0.05, 0.1) is 13.2 Å². The Morgan fingerprint density at radius 3 is 2.51 bits per heavy atom. The van der Waals surface area contributed by atoms with Gasteiger partial charge >= 0.3 is 0 Å². The monoisotopic (exact) mass is 515 g/mol. The molecule has 37 heavy (non-hydrogen) atoms. The van der Waals surface area contributed by atoms with Crippen LogP contribution in [0.1, 0.15) is 57.9 Å². The molecule has 0 radical (unpaired) electrons. The number of benzene rings is 1. The molecule has 4 N–H and O–H groups in total. The molecule has 0 spiro atoms. The van der Waals surface area contributed by atoms with Gasteiger partial charge in [0.2, 0.25) is 17.7 Å². The van der Waals surface area contributed by atoms with Crippen LogP contribution in [0.4, 0.5) is 0 Å². The lowest BCUT2D eigenvalue weighted by molar-refractivity contribution is -0.143. The van der Waals surface area contributed by atoms with Gasteiger partial charge in [-0.15, -0.1) is 0 Å². The molecule has 0 saturated carbocycles. The maximum atomic E-state index is 13.9. The molecule has 2 fully saturated rings. The summed E-state index contributed by atoms with van der Waals surface area (Å²) in [6.07, 6.45) is 5.13. The van der Waals surface area contributed by atoms with Crippen LogP contribution in [0, 0.1) is 5.92 Å². The van der Waals surface area contributed by atoms with E-state index in [1.165, 1.54) is 0 Å². The third-order valence-electron chi connectivity index (χ3n) is 8.04. The summed E-state index contributed by atoms with van der Waals surface area (Å²) in [5.74, 6) is 0.248. The van der Waals surface area contributed by atoms with E-state index in [4.69, 9.17) is 10.5 Å². The minimum atomic E-state index is -0.659. The Morgan fingerprint density at radius 2 is 1.86 bits per heavy atom. The predicted molar refractivity (Wildman–Crippen MR) is 144 cm³/mol. The van der Waals surface area contributed by atoms with Gasteiger partial charge in [-0.3, -0.25) is 14.4 Å². The third kappa shape index (κ3) is 7.45. The van der Waals surface area contributed by atoms with Crippen molar-refractivity contribution in [3.63, 3.8) is 0 Å². The van der Waals surface area contributed by atoms with Crippen molar-refractivity contribution in [2.75, 3.05) is 33.8 Å². The number of ether oxygens (including phenoxy) is 1. The Kier molecular flexibility index (Phi) is 10.8. The standard InChI is InChI=1S/C28H45N5O4/c1-5-23(29)26(34)31-25-20(16-18-32(3)6-2)9-10-21-11-14-24(33(21)28(25)36)27(35)30-17-15-19-7-12-22(37-4)13-8-19/h7-8,12-13,20-21,23-25H,5-6,9-11,14-18,29H2,1-4H3,(H,30,35)(H,31,34)/t20-,21+,23+,24+,25+/m1/s1. The lowest BCUT2D eigenvalue weighted by atomic mass is 9.90. The highest BCUT2D eigenvalue weighted by Gasteiger charge is 2.47. The molecule has 3 amide bonds. The molecule has 0 bridgehead atoms. The number of amides is 3. The quantitative estimate of drug-likeness (QED) is 0.390. The predicted octanol–water partition coefficient (Wildman–Crippen LogP) is 1.69. The molecule has 2 aliphatic heterocycles. The molecule has 9 nitrogen and oxygen atoms in total. The Bertz CT molecular complexity index is 908. The summed E-state index contributed by atoms with van der Waals surface area (Å²) in [7, 11) is 3.69. The summed E-state index contributed by atoms with van der Waals surface area (Å²) in [6, 6.07) is 5.99. The number of methoxy groups -OCH3 is 1. The van der Waals surface area contributed by atoms with E-state index in [-0.39, 0.29) is 29.7 Å². The van der Waals surface area contributed by atoms with Gasteiger partial charge < -0.3 is 30.9 Å². The van der Waals surface area contributed by atoms with Crippen LogP contribution in [0.15, 0.2) is 24.3 Å². The van der Waals surface area contributed by atoms with Gasteiger partial charge in [-0.25, -0.2) is 0 Å². The molecule has 1 aromatic rings. The normalized spacial score (nSPS) is 24.4. The molecule has 2 aliphatic rings. The molecular formula is C28H45N5O4. The number of fused-ring (bicyclic) bond motifs is 1. The maximum Gasteiger partial charge on any atom is 0.246 e. The van der Waals surface area contributed by atoms with E-state index in [1.54, 1.807) is 12.0 Å². The summed E-state index contributed by atoms with van der Waals surface area (Å²) < 4.78 is 5.20. The van der Waals surface area contributed by atoms with Gasteiger partial charge in [0.1, 0.15) is 17.8 Å². The van der Waals surface area contributed by atoms with E-state index < -0.39 is 18.1 Å². The van der Waals surface area contributed by atoms with Crippen LogP contribution in [0.3, 0.4) is 0 Å². The van der Waals surface area contributed by atoms with Gasteiger partial charge in [-0.05, 0) is 88.7 Å². The van der Waals surface area contributed by atoms with Gasteiger partial charge in [0.15, 0.2) is 0 Å². The molecule has 0 aliphatic carbocycles. The molecular weight excluding hydrogens is 470 g/mol. The number of rotatable bonds is 12. The molecule has 2 saturated heterocycles. The molecule has 206 valence electrons. The fraction of sp³-hybridized carbons (Fsp3) is 0.679. The minimum absolute atomic E-state index is 0.0129. The highest BCUT2D eigenvalue weighted by Crippen LogP contribution is 2.35. The second kappa shape index (κ2) is 13.8. The van der Waals surface area contributed by atoms with Crippen molar-refractivity contribution in [1.29, 1.82) is 0 Å². The first-order chi connectivity index (χ1) is 17.8. The second-order valence-electron chi connectivity index (χ2n) is 10.4. The Morgan fingerprint density at radius 1 is 1.16 bits per heavy atom. The number of nitrogens with two attached hydrogens (primary N) is 1. The number of hydrogen-bond donors (Lipinski definition) is 3. The number of hydrogen-bond acceptors (Lipinski definition) is 6. The number of carbonyl (C=O) groups excluding carboxylic acids is 3. The summed E-state index contributed by atoms with van der Waals surface area (Å²) >= 11 is 0. The zero-order valence-corrected chi connectivity index (χ0v) is 22.9. The van der Waals surface area contributed by atoms with Crippen molar-refractivity contribution in [3.8, 4) is 5.75 Å². The summed E-state index contributed by atoms with van der Waals surface area (Å²) in [5.41, 5.74) is 7.10. The SMILES string of the molecule is CC[C@H](N)C(=O)N[C@@H]1C(=O)N2[C@@H](CC[C@@H]1CCN(C)CC)CC[C@H]2C(=O)NCCc1ccc(OC)cc1. The lowest BCUT2D eigenvalue weighted by Gasteiger charge is -2.33. The molecule has 0 unspecified atom stereocenters. The average molecular weight is 516 g/mol. The molecule has 2 heterocycles. The first-order valence-corrected chi connectivity index (χ1v) is 13.8. The van der Waals surface area contributed by atoms with E-state index in [0.29, 0.717) is 25.8 Å². The van der Waals surface area contributed by atoms with Gasteiger partial charge in [0, 0.05) is 12.6 Å². The van der Waals surface area contributed by atoms with E-state index >= 15 is 0 Å². The van der Waals surface area contributed by atoms with E-state index in [2.05, 4.69) is 29.5 Å². The van der Waals surface area contributed by atoms with Gasteiger partial charge in [-0.1, -0.05) is 26.0 Å². The first kappa shape index (κ1) is 28.9. The van der Waals surface area contributed by atoms with Crippen LogP contribution in [0.2, 0.25) is 0 Å². The highest BCUT2D eigenvalue weighted by molar-refractivity contribution is 5.94. The molecule has 5 atom stereocenters. The highest BCUT2D eigenvalue weighted by atomic mass is 16.5. The van der Waals surface area contributed by atoms with Crippen LogP contribution in [0.5, 0.6) is 5.75 Å². The van der Waals surface area contributed by atoms with Crippen LogP contribution < -0.4 is 21.1 Å². The minimum Gasteiger partial charge on any atom is -0.497 e. The number of nitrogens with one attached hydrogen (secondary N) is 2. The Labute approximate surface area is 221 Å². The van der Waals surface area contributed by atoms with Crippen LogP contribution >= 0.6 is 0 Å². The second-order valence-corrected chi connectivity index (χ2v) is 10.4.